The third kappa shape index (κ3) is 1.64. The molecule has 2 saturated carbocycles. The lowest BCUT2D eigenvalue weighted by atomic mass is 9.56. The molecule has 2 fully saturated rings. The normalized spacial score (nSPS) is 44.2. The number of aliphatic hydroxyl groups excluding tert-OH is 1. The molecular formula is C16H22O4. The Labute approximate surface area is 119 Å². The number of aliphatic hydroxyl groups is 1. The summed E-state index contributed by atoms with van der Waals surface area (Å²) >= 11 is 0. The molecule has 2 aliphatic carbocycles. The van der Waals surface area contributed by atoms with Gasteiger partial charge in [-0.1, -0.05) is 13.5 Å². The van der Waals surface area contributed by atoms with E-state index >= 15 is 0 Å². The zero-order chi connectivity index (χ0) is 14.7. The molecule has 0 spiro atoms. The van der Waals surface area contributed by atoms with Crippen LogP contribution in [0.2, 0.25) is 0 Å². The minimum Gasteiger partial charge on any atom is -0.426 e. The van der Waals surface area contributed by atoms with Gasteiger partial charge in [0.25, 0.3) is 0 Å². The summed E-state index contributed by atoms with van der Waals surface area (Å²) < 4.78 is 11.2. The summed E-state index contributed by atoms with van der Waals surface area (Å²) in [6.45, 7) is 8.08. The van der Waals surface area contributed by atoms with Gasteiger partial charge in [-0.3, -0.25) is 0 Å². The number of carbonyl (C=O) groups is 1. The lowest BCUT2D eigenvalue weighted by Crippen LogP contribution is -2.51. The monoisotopic (exact) mass is 278 g/mol. The average Bonchev–Trinajstić information content (AvgIpc) is 2.65. The number of hydrogen-bond donors (Lipinski definition) is 1. The zero-order valence-electron chi connectivity index (χ0n) is 12.4. The van der Waals surface area contributed by atoms with Crippen LogP contribution in [-0.2, 0) is 14.3 Å². The van der Waals surface area contributed by atoms with Crippen LogP contribution in [0.25, 0.3) is 0 Å². The van der Waals surface area contributed by atoms with Crippen LogP contribution in [0.5, 0.6) is 0 Å². The first-order valence-electron chi connectivity index (χ1n) is 7.18. The second-order valence-corrected chi connectivity index (χ2v) is 6.67. The highest BCUT2D eigenvalue weighted by Gasteiger charge is 2.59. The molecule has 0 amide bonds. The molecule has 0 radical (unpaired) electrons. The Morgan fingerprint density at radius 2 is 2.20 bits per heavy atom. The standard InChI is InChI=1S/C16H22O4/c1-9-11-7-12-10(2)14(18)20-16(12,19-4)8-15(11,3)6-5-13(9)17/h11,13,17H,1,5-8H2,2-4H3/t11-,13+,15+,16-/m0/s1. The molecule has 0 saturated heterocycles. The molecule has 0 aromatic rings. The molecule has 4 heteroatoms. The number of esters is 1. The van der Waals surface area contributed by atoms with E-state index in [1.807, 2.05) is 0 Å². The van der Waals surface area contributed by atoms with Crippen LogP contribution in [0.1, 0.15) is 39.5 Å². The quantitative estimate of drug-likeness (QED) is 0.591. The SMILES string of the molecule is C=C1[C@H](O)CC[C@]2(C)C[C@]3(OC)OC(=O)C(C)=C3C[C@@H]12. The van der Waals surface area contributed by atoms with Gasteiger partial charge in [0.2, 0.25) is 5.79 Å². The average molecular weight is 278 g/mol. The topological polar surface area (TPSA) is 55.8 Å². The summed E-state index contributed by atoms with van der Waals surface area (Å²) in [7, 11) is 1.60. The fourth-order valence-corrected chi connectivity index (χ4v) is 4.22. The molecule has 1 heterocycles. The maximum Gasteiger partial charge on any atom is 0.336 e. The first-order chi connectivity index (χ1) is 9.33. The van der Waals surface area contributed by atoms with Crippen LogP contribution in [-0.4, -0.2) is 30.1 Å². The van der Waals surface area contributed by atoms with Crippen LogP contribution < -0.4 is 0 Å². The van der Waals surface area contributed by atoms with Gasteiger partial charge in [0.15, 0.2) is 0 Å². The minimum atomic E-state index is -0.894. The molecular weight excluding hydrogens is 256 g/mol. The number of hydrogen-bond acceptors (Lipinski definition) is 4. The highest BCUT2D eigenvalue weighted by atomic mass is 16.7. The van der Waals surface area contributed by atoms with Crippen LogP contribution in [0.15, 0.2) is 23.3 Å². The summed E-state index contributed by atoms with van der Waals surface area (Å²) in [5, 5.41) is 10.1. The predicted octanol–water partition coefficient (Wildman–Crippen LogP) is 2.33. The Morgan fingerprint density at radius 1 is 1.50 bits per heavy atom. The van der Waals surface area contributed by atoms with E-state index in [2.05, 4.69) is 13.5 Å². The first-order valence-corrected chi connectivity index (χ1v) is 7.18. The number of fused-ring (bicyclic) bond motifs is 2. The summed E-state index contributed by atoms with van der Waals surface area (Å²) in [4.78, 5) is 11.9. The molecule has 110 valence electrons. The second-order valence-electron chi connectivity index (χ2n) is 6.67. The van der Waals surface area contributed by atoms with E-state index in [0.717, 1.165) is 24.0 Å². The lowest BCUT2D eigenvalue weighted by molar-refractivity contribution is -0.217. The van der Waals surface area contributed by atoms with E-state index in [4.69, 9.17) is 9.47 Å². The van der Waals surface area contributed by atoms with Gasteiger partial charge in [0.1, 0.15) is 0 Å². The molecule has 0 aromatic carbocycles. The fourth-order valence-electron chi connectivity index (χ4n) is 4.22. The Bertz CT molecular complexity index is 521. The van der Waals surface area contributed by atoms with Gasteiger partial charge in [-0.05, 0) is 43.1 Å². The van der Waals surface area contributed by atoms with Crippen molar-refractivity contribution < 1.29 is 19.4 Å². The highest BCUT2D eigenvalue weighted by Crippen LogP contribution is 2.59. The first kappa shape index (κ1) is 13.8. The Morgan fingerprint density at radius 3 is 2.85 bits per heavy atom. The molecule has 0 aromatic heterocycles. The molecule has 1 N–H and O–H groups in total. The summed E-state index contributed by atoms with van der Waals surface area (Å²) in [6.07, 6.45) is 2.52. The maximum atomic E-state index is 11.9. The van der Waals surface area contributed by atoms with Crippen LogP contribution in [0.3, 0.4) is 0 Å². The van der Waals surface area contributed by atoms with Gasteiger partial charge in [-0.2, -0.15) is 0 Å². The fraction of sp³-hybridized carbons (Fsp3) is 0.688. The minimum absolute atomic E-state index is 0.0409. The molecule has 1 aliphatic heterocycles. The van der Waals surface area contributed by atoms with Crippen molar-refractivity contribution in [1.29, 1.82) is 0 Å². The molecule has 4 atom stereocenters. The van der Waals surface area contributed by atoms with Gasteiger partial charge >= 0.3 is 5.97 Å². The Balaban J connectivity index is 2.05. The Kier molecular flexibility index (Phi) is 2.89. The number of methoxy groups -OCH3 is 1. The van der Waals surface area contributed by atoms with E-state index in [-0.39, 0.29) is 17.3 Å². The summed E-state index contributed by atoms with van der Waals surface area (Å²) in [5.74, 6) is -0.987. The second kappa shape index (κ2) is 4.18. The van der Waals surface area contributed by atoms with Gasteiger partial charge in [0.05, 0.1) is 6.10 Å². The zero-order valence-corrected chi connectivity index (χ0v) is 12.4. The van der Waals surface area contributed by atoms with Crippen molar-refractivity contribution in [3.63, 3.8) is 0 Å². The molecule has 0 unspecified atom stereocenters. The smallest absolute Gasteiger partial charge is 0.336 e. The Hall–Kier alpha value is -1.13. The summed E-state index contributed by atoms with van der Waals surface area (Å²) in [5.41, 5.74) is 2.44. The molecule has 0 bridgehead atoms. The predicted molar refractivity (Wildman–Crippen MR) is 73.7 cm³/mol. The third-order valence-corrected chi connectivity index (χ3v) is 5.56. The van der Waals surface area contributed by atoms with Gasteiger partial charge in [0, 0.05) is 24.7 Å². The van der Waals surface area contributed by atoms with E-state index in [1.165, 1.54) is 0 Å². The highest BCUT2D eigenvalue weighted by molar-refractivity contribution is 5.92. The largest absolute Gasteiger partial charge is 0.426 e. The number of rotatable bonds is 1. The van der Waals surface area contributed by atoms with Gasteiger partial charge < -0.3 is 14.6 Å². The van der Waals surface area contributed by atoms with E-state index in [9.17, 15) is 9.90 Å². The molecule has 3 rings (SSSR count). The van der Waals surface area contributed by atoms with E-state index in [0.29, 0.717) is 18.4 Å². The number of ether oxygens (including phenoxy) is 2. The van der Waals surface area contributed by atoms with Crippen molar-refractivity contribution in [1.82, 2.24) is 0 Å². The van der Waals surface area contributed by atoms with Crippen LogP contribution in [0.4, 0.5) is 0 Å². The van der Waals surface area contributed by atoms with E-state index in [1.54, 1.807) is 14.0 Å². The molecule has 3 aliphatic rings. The van der Waals surface area contributed by atoms with Gasteiger partial charge in [-0.25, -0.2) is 4.79 Å². The maximum absolute atomic E-state index is 11.9. The lowest BCUT2D eigenvalue weighted by Gasteiger charge is -2.52. The van der Waals surface area contributed by atoms with Crippen molar-refractivity contribution in [2.45, 2.75) is 51.4 Å². The third-order valence-electron chi connectivity index (χ3n) is 5.56. The molecule has 20 heavy (non-hydrogen) atoms. The van der Waals surface area contributed by atoms with Crippen molar-refractivity contribution in [2.75, 3.05) is 7.11 Å². The van der Waals surface area contributed by atoms with E-state index < -0.39 is 11.9 Å². The van der Waals surface area contributed by atoms with Gasteiger partial charge in [-0.15, -0.1) is 0 Å². The van der Waals surface area contributed by atoms with Crippen molar-refractivity contribution in [3.05, 3.63) is 23.3 Å². The van der Waals surface area contributed by atoms with Crippen molar-refractivity contribution in [3.8, 4) is 0 Å². The number of carbonyl (C=O) groups excluding carboxylic acids is 1. The van der Waals surface area contributed by atoms with Crippen LogP contribution >= 0.6 is 0 Å². The molecule has 4 nitrogen and oxygen atoms in total. The van der Waals surface area contributed by atoms with Crippen molar-refractivity contribution in [2.24, 2.45) is 11.3 Å². The summed E-state index contributed by atoms with van der Waals surface area (Å²) in [6, 6.07) is 0. The van der Waals surface area contributed by atoms with Crippen molar-refractivity contribution >= 4 is 5.97 Å². The van der Waals surface area contributed by atoms with Crippen LogP contribution in [0, 0.1) is 11.3 Å².